The zero-order valence-corrected chi connectivity index (χ0v) is 12.4. The van der Waals surface area contributed by atoms with Crippen molar-refractivity contribution in [3.8, 4) is 0 Å². The van der Waals surface area contributed by atoms with Crippen LogP contribution >= 0.6 is 11.6 Å². The number of aryl methyl sites for hydroxylation is 1. The number of aromatic nitrogens is 2. The number of fused-ring (bicyclic) bond motifs is 1. The van der Waals surface area contributed by atoms with Gasteiger partial charge in [0, 0.05) is 25.2 Å². The topological polar surface area (TPSA) is 70.2 Å². The molecular formula is C13H19ClN4O2. The first-order valence-electron chi connectivity index (χ1n) is 6.91. The molecule has 1 aromatic rings. The molecule has 0 radical (unpaired) electrons. The van der Waals surface area contributed by atoms with E-state index in [-0.39, 0.29) is 23.7 Å². The largest absolute Gasteiger partial charge is 0.376 e. The molecule has 3 heterocycles. The summed E-state index contributed by atoms with van der Waals surface area (Å²) in [5, 5.41) is 10.1. The van der Waals surface area contributed by atoms with E-state index in [4.69, 9.17) is 16.3 Å². The molecular weight excluding hydrogens is 280 g/mol. The zero-order valence-electron chi connectivity index (χ0n) is 11.6. The number of ether oxygens (including phenoxy) is 1. The van der Waals surface area contributed by atoms with Crippen LogP contribution < -0.4 is 5.32 Å². The average molecular weight is 299 g/mol. The Hall–Kier alpha value is -1.11. The summed E-state index contributed by atoms with van der Waals surface area (Å²) in [5.41, 5.74) is 0.988. The number of nitrogens with zero attached hydrogens (tertiary/aromatic N) is 2. The van der Waals surface area contributed by atoms with E-state index in [1.54, 1.807) is 6.92 Å². The van der Waals surface area contributed by atoms with Gasteiger partial charge in [0.25, 0.3) is 5.91 Å². The molecule has 1 amide bonds. The molecule has 3 atom stereocenters. The standard InChI is InChI=1S/C13H19ClN4O2/c1-7-4-18-5-9(3-10(18)6-20-7)15-13(19)12-11(14)8(2)16-17-12/h7,9-10H,3-6H2,1-2H3,(H,15,19)(H,16,17)/t7-,9+,10-/m0/s1. The number of amides is 1. The van der Waals surface area contributed by atoms with Crippen LogP contribution in [-0.2, 0) is 4.74 Å². The van der Waals surface area contributed by atoms with Gasteiger partial charge in [-0.1, -0.05) is 11.6 Å². The van der Waals surface area contributed by atoms with E-state index in [0.29, 0.717) is 16.8 Å². The van der Waals surface area contributed by atoms with Gasteiger partial charge in [-0.3, -0.25) is 14.8 Å². The Morgan fingerprint density at radius 2 is 2.35 bits per heavy atom. The van der Waals surface area contributed by atoms with Crippen molar-refractivity contribution in [2.75, 3.05) is 19.7 Å². The first kappa shape index (κ1) is 13.9. The number of carbonyl (C=O) groups is 1. The van der Waals surface area contributed by atoms with E-state index >= 15 is 0 Å². The minimum atomic E-state index is -0.210. The van der Waals surface area contributed by atoms with Crippen molar-refractivity contribution in [3.05, 3.63) is 16.4 Å². The Kier molecular flexibility index (Phi) is 3.70. The third-order valence-corrected chi connectivity index (χ3v) is 4.48. The van der Waals surface area contributed by atoms with Gasteiger partial charge in [0.1, 0.15) is 0 Å². The number of morpholine rings is 1. The summed E-state index contributed by atoms with van der Waals surface area (Å²) in [5.74, 6) is -0.210. The fraction of sp³-hybridized carbons (Fsp3) is 0.692. The maximum atomic E-state index is 12.2. The summed E-state index contributed by atoms with van der Waals surface area (Å²) in [6.07, 6.45) is 1.18. The van der Waals surface area contributed by atoms with Crippen molar-refractivity contribution in [1.29, 1.82) is 0 Å². The number of carbonyl (C=O) groups excluding carboxylic acids is 1. The van der Waals surface area contributed by atoms with Gasteiger partial charge in [-0.15, -0.1) is 0 Å². The molecule has 3 rings (SSSR count). The third-order valence-electron chi connectivity index (χ3n) is 4.02. The van der Waals surface area contributed by atoms with E-state index in [1.807, 2.05) is 0 Å². The molecule has 0 bridgehead atoms. The summed E-state index contributed by atoms with van der Waals surface area (Å²) in [4.78, 5) is 14.6. The molecule has 2 aliphatic rings. The van der Waals surface area contributed by atoms with Crippen LogP contribution in [0.25, 0.3) is 0 Å². The second-order valence-corrected chi connectivity index (χ2v) is 6.05. The van der Waals surface area contributed by atoms with Crippen LogP contribution in [0.2, 0.25) is 5.02 Å². The lowest BCUT2D eigenvalue weighted by Crippen LogP contribution is -2.45. The van der Waals surface area contributed by atoms with Crippen LogP contribution in [0.4, 0.5) is 0 Å². The summed E-state index contributed by atoms with van der Waals surface area (Å²) in [6, 6.07) is 0.544. The lowest BCUT2D eigenvalue weighted by Gasteiger charge is -2.33. The first-order chi connectivity index (χ1) is 9.54. The van der Waals surface area contributed by atoms with Gasteiger partial charge in [-0.2, -0.15) is 5.10 Å². The van der Waals surface area contributed by atoms with Crippen LogP contribution in [0.1, 0.15) is 29.5 Å². The van der Waals surface area contributed by atoms with Gasteiger partial charge in [0.15, 0.2) is 5.69 Å². The normalized spacial score (nSPS) is 30.2. The highest BCUT2D eigenvalue weighted by Crippen LogP contribution is 2.24. The van der Waals surface area contributed by atoms with E-state index < -0.39 is 0 Å². The second-order valence-electron chi connectivity index (χ2n) is 5.67. The highest BCUT2D eigenvalue weighted by atomic mass is 35.5. The van der Waals surface area contributed by atoms with Crippen LogP contribution in [0.3, 0.4) is 0 Å². The minimum absolute atomic E-state index is 0.134. The molecule has 6 nitrogen and oxygen atoms in total. The van der Waals surface area contributed by atoms with Crippen molar-refractivity contribution in [1.82, 2.24) is 20.4 Å². The van der Waals surface area contributed by atoms with Crippen molar-refractivity contribution in [2.45, 2.75) is 38.5 Å². The molecule has 2 aliphatic heterocycles. The molecule has 1 aromatic heterocycles. The lowest BCUT2D eigenvalue weighted by molar-refractivity contribution is -0.0390. The molecule has 20 heavy (non-hydrogen) atoms. The summed E-state index contributed by atoms with van der Waals surface area (Å²) in [6.45, 7) is 6.41. The van der Waals surface area contributed by atoms with Crippen molar-refractivity contribution < 1.29 is 9.53 Å². The highest BCUT2D eigenvalue weighted by Gasteiger charge is 2.37. The van der Waals surface area contributed by atoms with Crippen molar-refractivity contribution in [2.24, 2.45) is 0 Å². The van der Waals surface area contributed by atoms with Crippen LogP contribution in [-0.4, -0.2) is 58.9 Å². The maximum absolute atomic E-state index is 12.2. The minimum Gasteiger partial charge on any atom is -0.376 e. The van der Waals surface area contributed by atoms with Gasteiger partial charge in [-0.25, -0.2) is 0 Å². The molecule has 2 saturated heterocycles. The number of hydrogen-bond donors (Lipinski definition) is 2. The number of halogens is 1. The zero-order chi connectivity index (χ0) is 14.3. The van der Waals surface area contributed by atoms with E-state index in [2.05, 4.69) is 27.3 Å². The Morgan fingerprint density at radius 1 is 1.55 bits per heavy atom. The Balaban J connectivity index is 1.62. The molecule has 7 heteroatoms. The monoisotopic (exact) mass is 298 g/mol. The molecule has 2 fully saturated rings. The molecule has 0 unspecified atom stereocenters. The number of rotatable bonds is 2. The van der Waals surface area contributed by atoms with Gasteiger partial charge in [0.05, 0.1) is 23.4 Å². The van der Waals surface area contributed by atoms with Crippen LogP contribution in [0, 0.1) is 6.92 Å². The molecule has 2 N–H and O–H groups in total. The SMILES string of the molecule is Cc1[nH]nc(C(=O)N[C@@H]2C[C@H]3CO[C@@H](C)CN3C2)c1Cl. The summed E-state index contributed by atoms with van der Waals surface area (Å²) in [7, 11) is 0. The lowest BCUT2D eigenvalue weighted by atomic mass is 10.1. The summed E-state index contributed by atoms with van der Waals surface area (Å²) < 4.78 is 5.66. The Labute approximate surface area is 122 Å². The van der Waals surface area contributed by atoms with Crippen LogP contribution in [0.5, 0.6) is 0 Å². The fourth-order valence-corrected chi connectivity index (χ4v) is 3.13. The van der Waals surface area contributed by atoms with E-state index in [0.717, 1.165) is 26.1 Å². The Bertz CT molecular complexity index is 518. The average Bonchev–Trinajstić information content (AvgIpc) is 2.93. The van der Waals surface area contributed by atoms with Crippen molar-refractivity contribution in [3.63, 3.8) is 0 Å². The third kappa shape index (κ3) is 2.55. The van der Waals surface area contributed by atoms with Gasteiger partial charge in [-0.05, 0) is 20.3 Å². The molecule has 110 valence electrons. The van der Waals surface area contributed by atoms with Gasteiger partial charge in [0.2, 0.25) is 0 Å². The van der Waals surface area contributed by atoms with Crippen LogP contribution in [0.15, 0.2) is 0 Å². The number of nitrogens with one attached hydrogen (secondary N) is 2. The van der Waals surface area contributed by atoms with Crippen molar-refractivity contribution >= 4 is 17.5 Å². The highest BCUT2D eigenvalue weighted by molar-refractivity contribution is 6.34. The molecule has 0 aromatic carbocycles. The molecule has 0 spiro atoms. The molecule has 0 aliphatic carbocycles. The fourth-order valence-electron chi connectivity index (χ4n) is 2.96. The van der Waals surface area contributed by atoms with E-state index in [1.165, 1.54) is 0 Å². The number of aromatic amines is 1. The smallest absolute Gasteiger partial charge is 0.273 e. The predicted molar refractivity (Wildman–Crippen MR) is 75.0 cm³/mol. The van der Waals surface area contributed by atoms with Gasteiger partial charge < -0.3 is 10.1 Å². The van der Waals surface area contributed by atoms with E-state index in [9.17, 15) is 4.79 Å². The summed E-state index contributed by atoms with van der Waals surface area (Å²) >= 11 is 6.05. The number of H-pyrrole nitrogens is 1. The Morgan fingerprint density at radius 3 is 3.05 bits per heavy atom. The maximum Gasteiger partial charge on any atom is 0.273 e. The molecule has 0 saturated carbocycles. The first-order valence-corrected chi connectivity index (χ1v) is 7.29. The predicted octanol–water partition coefficient (Wildman–Crippen LogP) is 0.963. The second kappa shape index (κ2) is 5.35. The van der Waals surface area contributed by atoms with Gasteiger partial charge >= 0.3 is 0 Å². The number of hydrogen-bond acceptors (Lipinski definition) is 4. The quantitative estimate of drug-likeness (QED) is 0.853.